The van der Waals surface area contributed by atoms with Crippen LogP contribution in [-0.4, -0.2) is 73.4 Å². The van der Waals surface area contributed by atoms with E-state index in [1.54, 1.807) is 6.08 Å². The monoisotopic (exact) mass is 688 g/mol. The van der Waals surface area contributed by atoms with Crippen LogP contribution in [0.3, 0.4) is 0 Å². The number of nitrogens with zero attached hydrogens (tertiary/aromatic N) is 1. The zero-order chi connectivity index (χ0) is 35.1. The quantitative estimate of drug-likeness (QED) is 0.0269. The van der Waals surface area contributed by atoms with Crippen molar-refractivity contribution < 1.29 is 32.9 Å². The lowest BCUT2D eigenvalue weighted by Crippen LogP contribution is -2.45. The maximum Gasteiger partial charge on any atom is 0.472 e. The van der Waals surface area contributed by atoms with Crippen molar-refractivity contribution in [1.29, 1.82) is 0 Å². The first-order valence-electron chi connectivity index (χ1n) is 19.2. The van der Waals surface area contributed by atoms with E-state index in [2.05, 4.69) is 31.3 Å². The van der Waals surface area contributed by atoms with Crippen molar-refractivity contribution in [1.82, 2.24) is 5.32 Å². The van der Waals surface area contributed by atoms with Crippen molar-refractivity contribution in [2.45, 2.75) is 174 Å². The molecule has 0 aromatic rings. The Morgan fingerprint density at radius 1 is 0.702 bits per heavy atom. The summed E-state index contributed by atoms with van der Waals surface area (Å²) in [6.07, 6.45) is 33.8. The third-order valence-corrected chi connectivity index (χ3v) is 9.41. The van der Waals surface area contributed by atoms with Gasteiger partial charge in [0.2, 0.25) is 5.91 Å². The van der Waals surface area contributed by atoms with Crippen LogP contribution in [0.1, 0.15) is 162 Å². The van der Waals surface area contributed by atoms with E-state index in [9.17, 15) is 19.4 Å². The number of rotatable bonds is 34. The van der Waals surface area contributed by atoms with Gasteiger partial charge in [-0.25, -0.2) is 4.57 Å². The standard InChI is InChI=1S/C38H75N2O6P/c1-6-8-10-12-14-16-18-20-22-24-26-28-30-32-38(42)39-36(35-46-47(43,44)45-34-33-40(3,4)5)37(41)31-29-27-25-23-21-19-17-15-13-11-9-7-2/h21,23,29,31,36-37,41H,6-20,22,24-28,30,32-35H2,1-5H3,(H-,39,42,43,44)/p+1/b23-21-,31-29+/t36-,37+/m0/s1. The van der Waals surface area contributed by atoms with E-state index < -0.39 is 20.0 Å². The molecular formula is C38H76N2O6P+. The lowest BCUT2D eigenvalue weighted by Gasteiger charge is -2.25. The van der Waals surface area contributed by atoms with Gasteiger partial charge in [-0.3, -0.25) is 13.8 Å². The molecule has 0 heterocycles. The fraction of sp³-hybridized carbons (Fsp3) is 0.868. The van der Waals surface area contributed by atoms with Crippen molar-refractivity contribution in [3.8, 4) is 0 Å². The number of unbranched alkanes of at least 4 members (excludes halogenated alkanes) is 19. The van der Waals surface area contributed by atoms with Gasteiger partial charge in [-0.05, 0) is 32.1 Å². The molecule has 47 heavy (non-hydrogen) atoms. The molecule has 0 aliphatic carbocycles. The highest BCUT2D eigenvalue weighted by Crippen LogP contribution is 2.43. The molecule has 9 heteroatoms. The summed E-state index contributed by atoms with van der Waals surface area (Å²) in [5, 5.41) is 13.7. The summed E-state index contributed by atoms with van der Waals surface area (Å²) in [7, 11) is 1.55. The van der Waals surface area contributed by atoms with Gasteiger partial charge in [0.25, 0.3) is 0 Å². The lowest BCUT2D eigenvalue weighted by atomic mass is 10.0. The first-order chi connectivity index (χ1) is 22.5. The van der Waals surface area contributed by atoms with Crippen molar-refractivity contribution in [3.05, 3.63) is 24.3 Å². The van der Waals surface area contributed by atoms with Crippen molar-refractivity contribution in [3.63, 3.8) is 0 Å². The first-order valence-corrected chi connectivity index (χ1v) is 20.7. The third-order valence-electron chi connectivity index (χ3n) is 8.42. The summed E-state index contributed by atoms with van der Waals surface area (Å²) in [6.45, 7) is 4.75. The van der Waals surface area contributed by atoms with E-state index in [1.165, 1.54) is 103 Å². The zero-order valence-electron chi connectivity index (χ0n) is 31.3. The van der Waals surface area contributed by atoms with Crippen LogP contribution in [0.5, 0.6) is 0 Å². The number of hydrogen-bond donors (Lipinski definition) is 3. The molecule has 0 saturated carbocycles. The number of allylic oxidation sites excluding steroid dienone is 3. The number of nitrogens with one attached hydrogen (secondary N) is 1. The molecule has 0 aromatic heterocycles. The maximum absolute atomic E-state index is 12.8. The molecule has 0 aliphatic rings. The predicted octanol–water partition coefficient (Wildman–Crippen LogP) is 9.80. The summed E-state index contributed by atoms with van der Waals surface area (Å²) < 4.78 is 23.4. The van der Waals surface area contributed by atoms with E-state index in [0.717, 1.165) is 38.5 Å². The molecule has 278 valence electrons. The molecule has 3 atom stereocenters. The smallest absolute Gasteiger partial charge is 0.387 e. The molecule has 0 radical (unpaired) electrons. The molecule has 0 spiro atoms. The van der Waals surface area contributed by atoms with Crippen LogP contribution in [0, 0.1) is 0 Å². The van der Waals surface area contributed by atoms with Gasteiger partial charge in [0.15, 0.2) is 0 Å². The van der Waals surface area contributed by atoms with Gasteiger partial charge in [-0.15, -0.1) is 0 Å². The predicted molar refractivity (Wildman–Crippen MR) is 198 cm³/mol. The maximum atomic E-state index is 12.8. The van der Waals surface area contributed by atoms with E-state index in [1.807, 2.05) is 27.2 Å². The van der Waals surface area contributed by atoms with E-state index in [-0.39, 0.29) is 19.1 Å². The van der Waals surface area contributed by atoms with Gasteiger partial charge < -0.3 is 19.8 Å². The topological polar surface area (TPSA) is 105 Å². The molecule has 8 nitrogen and oxygen atoms in total. The molecular weight excluding hydrogens is 611 g/mol. The number of phosphoric acid groups is 1. The number of aliphatic hydroxyl groups is 1. The summed E-state index contributed by atoms with van der Waals surface area (Å²) in [5.74, 6) is -0.189. The Kier molecular flexibility index (Phi) is 30.3. The first kappa shape index (κ1) is 46.0. The zero-order valence-corrected chi connectivity index (χ0v) is 32.2. The molecule has 1 amide bonds. The number of phosphoric ester groups is 1. The van der Waals surface area contributed by atoms with Crippen LogP contribution in [0.25, 0.3) is 0 Å². The second-order valence-electron chi connectivity index (χ2n) is 14.3. The number of carbonyl (C=O) groups is 1. The van der Waals surface area contributed by atoms with E-state index in [4.69, 9.17) is 9.05 Å². The van der Waals surface area contributed by atoms with Gasteiger partial charge in [0.05, 0.1) is 39.9 Å². The van der Waals surface area contributed by atoms with Gasteiger partial charge in [-0.2, -0.15) is 0 Å². The Morgan fingerprint density at radius 3 is 1.70 bits per heavy atom. The minimum absolute atomic E-state index is 0.0577. The van der Waals surface area contributed by atoms with Crippen LogP contribution < -0.4 is 5.32 Å². The molecule has 0 bridgehead atoms. The molecule has 0 rings (SSSR count). The summed E-state index contributed by atoms with van der Waals surface area (Å²) in [4.78, 5) is 22.9. The van der Waals surface area contributed by atoms with Gasteiger partial charge >= 0.3 is 7.82 Å². The van der Waals surface area contributed by atoms with Gasteiger partial charge in [-0.1, -0.05) is 147 Å². The molecule has 0 aromatic carbocycles. The van der Waals surface area contributed by atoms with Crippen LogP contribution in [0.15, 0.2) is 24.3 Å². The number of amides is 1. The number of aliphatic hydroxyl groups excluding tert-OH is 1. The molecule has 1 unspecified atom stereocenters. The normalized spacial score (nSPS) is 15.0. The van der Waals surface area contributed by atoms with Crippen molar-refractivity contribution in [2.24, 2.45) is 0 Å². The van der Waals surface area contributed by atoms with Crippen molar-refractivity contribution in [2.75, 3.05) is 40.9 Å². The Balaban J connectivity index is 4.58. The molecule has 0 saturated heterocycles. The summed E-state index contributed by atoms with van der Waals surface area (Å²) in [6, 6.07) is -0.855. The lowest BCUT2D eigenvalue weighted by molar-refractivity contribution is -0.870. The van der Waals surface area contributed by atoms with Crippen molar-refractivity contribution >= 4 is 13.7 Å². The van der Waals surface area contributed by atoms with Crippen LogP contribution >= 0.6 is 7.82 Å². The Hall–Kier alpha value is -1.02. The summed E-state index contributed by atoms with van der Waals surface area (Å²) in [5.41, 5.74) is 0. The summed E-state index contributed by atoms with van der Waals surface area (Å²) >= 11 is 0. The molecule has 3 N–H and O–H groups in total. The van der Waals surface area contributed by atoms with Crippen LogP contribution in [0.2, 0.25) is 0 Å². The molecule has 0 fully saturated rings. The second-order valence-corrected chi connectivity index (χ2v) is 15.8. The Bertz CT molecular complexity index is 829. The van der Waals surface area contributed by atoms with E-state index >= 15 is 0 Å². The fourth-order valence-corrected chi connectivity index (χ4v) is 6.03. The molecule has 0 aliphatic heterocycles. The SMILES string of the molecule is CCCCCCCC/C=C\CC/C=C/[C@@H](O)[C@H](COP(=O)(O)OCC[N+](C)(C)C)NC(=O)CCCCCCCCCCCCCCC. The second kappa shape index (κ2) is 31.0. The average Bonchev–Trinajstić information content (AvgIpc) is 3.01. The van der Waals surface area contributed by atoms with Gasteiger partial charge in [0, 0.05) is 6.42 Å². The van der Waals surface area contributed by atoms with E-state index in [0.29, 0.717) is 17.4 Å². The highest BCUT2D eigenvalue weighted by atomic mass is 31.2. The largest absolute Gasteiger partial charge is 0.472 e. The average molecular weight is 688 g/mol. The highest BCUT2D eigenvalue weighted by Gasteiger charge is 2.27. The fourth-order valence-electron chi connectivity index (χ4n) is 5.29. The number of carbonyl (C=O) groups excluding carboxylic acids is 1. The minimum atomic E-state index is -4.33. The highest BCUT2D eigenvalue weighted by molar-refractivity contribution is 7.47. The van der Waals surface area contributed by atoms with Gasteiger partial charge in [0.1, 0.15) is 13.2 Å². The number of quaternary nitrogens is 1. The number of likely N-dealkylation sites (N-methyl/N-ethyl adjacent to an activating group) is 1. The van der Waals surface area contributed by atoms with Crippen LogP contribution in [0.4, 0.5) is 0 Å². The minimum Gasteiger partial charge on any atom is -0.387 e. The Labute approximate surface area is 290 Å². The Morgan fingerprint density at radius 2 is 1.17 bits per heavy atom. The number of hydrogen-bond acceptors (Lipinski definition) is 5. The van der Waals surface area contributed by atoms with Crippen LogP contribution in [-0.2, 0) is 18.4 Å². The third kappa shape index (κ3) is 33.3.